The lowest BCUT2D eigenvalue weighted by atomic mass is 10.1. The van der Waals surface area contributed by atoms with Gasteiger partial charge in [-0.15, -0.1) is 0 Å². The average molecular weight is 194 g/mol. The molecule has 0 bridgehead atoms. The van der Waals surface area contributed by atoms with E-state index in [4.69, 9.17) is 5.26 Å². The van der Waals surface area contributed by atoms with E-state index in [0.29, 0.717) is 0 Å². The van der Waals surface area contributed by atoms with Crippen molar-refractivity contribution >= 4 is 11.3 Å². The van der Waals surface area contributed by atoms with Crippen molar-refractivity contribution in [3.8, 4) is 6.07 Å². The summed E-state index contributed by atoms with van der Waals surface area (Å²) >= 11 is 1.69. The van der Waals surface area contributed by atoms with Crippen LogP contribution >= 0.6 is 11.3 Å². The molecule has 0 aliphatic heterocycles. The van der Waals surface area contributed by atoms with E-state index in [1.807, 2.05) is 6.92 Å². The number of nitrogens with one attached hydrogen (secondary N) is 1. The molecule has 13 heavy (non-hydrogen) atoms. The molecule has 0 radical (unpaired) electrons. The minimum absolute atomic E-state index is 0.0325. The molecular formula is C10H14N2S. The molecule has 1 N–H and O–H groups in total. The Kier molecular flexibility index (Phi) is 3.94. The monoisotopic (exact) mass is 194 g/mol. The maximum Gasteiger partial charge on any atom is 0.0954 e. The van der Waals surface area contributed by atoms with Gasteiger partial charge in [-0.2, -0.15) is 16.6 Å². The fraction of sp³-hybridized carbons (Fsp3) is 0.500. The third kappa shape index (κ3) is 2.83. The van der Waals surface area contributed by atoms with Crippen LogP contribution in [0, 0.1) is 11.3 Å². The number of rotatable bonds is 4. The summed E-state index contributed by atoms with van der Waals surface area (Å²) in [6.45, 7) is 4.10. The molecule has 0 aromatic carbocycles. The van der Waals surface area contributed by atoms with Crippen LogP contribution in [0.1, 0.15) is 31.9 Å². The van der Waals surface area contributed by atoms with Crippen molar-refractivity contribution in [2.24, 2.45) is 0 Å². The molecule has 1 aromatic heterocycles. The Morgan fingerprint density at radius 2 is 2.46 bits per heavy atom. The quantitative estimate of drug-likeness (QED) is 0.800. The summed E-state index contributed by atoms with van der Waals surface area (Å²) in [5, 5.41) is 16.2. The van der Waals surface area contributed by atoms with Gasteiger partial charge in [0.25, 0.3) is 0 Å². The number of nitriles is 1. The molecule has 3 heteroatoms. The van der Waals surface area contributed by atoms with Crippen LogP contribution in [0.3, 0.4) is 0 Å². The van der Waals surface area contributed by atoms with Gasteiger partial charge in [0.15, 0.2) is 0 Å². The smallest absolute Gasteiger partial charge is 0.0954 e. The molecule has 0 aliphatic carbocycles. The molecule has 0 fully saturated rings. The molecule has 1 rings (SSSR count). The zero-order chi connectivity index (χ0) is 9.68. The maximum absolute atomic E-state index is 8.76. The van der Waals surface area contributed by atoms with E-state index in [1.54, 1.807) is 11.3 Å². The summed E-state index contributed by atoms with van der Waals surface area (Å²) in [6, 6.07) is 4.57. The summed E-state index contributed by atoms with van der Waals surface area (Å²) < 4.78 is 0. The highest BCUT2D eigenvalue weighted by atomic mass is 32.1. The van der Waals surface area contributed by atoms with Crippen LogP contribution in [-0.4, -0.2) is 6.04 Å². The maximum atomic E-state index is 8.76. The highest BCUT2D eigenvalue weighted by Gasteiger charge is 2.10. The van der Waals surface area contributed by atoms with Crippen LogP contribution in [0.2, 0.25) is 0 Å². The van der Waals surface area contributed by atoms with Gasteiger partial charge >= 0.3 is 0 Å². The molecule has 2 atom stereocenters. The Balaban J connectivity index is 2.51. The first-order valence-electron chi connectivity index (χ1n) is 4.45. The van der Waals surface area contributed by atoms with E-state index >= 15 is 0 Å². The van der Waals surface area contributed by atoms with Crippen LogP contribution in [0.4, 0.5) is 0 Å². The predicted molar refractivity (Wildman–Crippen MR) is 55.6 cm³/mol. The van der Waals surface area contributed by atoms with E-state index in [-0.39, 0.29) is 12.1 Å². The van der Waals surface area contributed by atoms with Crippen molar-refractivity contribution in [2.45, 2.75) is 32.4 Å². The molecule has 0 amide bonds. The number of hydrogen-bond acceptors (Lipinski definition) is 3. The summed E-state index contributed by atoms with van der Waals surface area (Å²) in [5.74, 6) is 0. The number of nitrogens with zero attached hydrogens (tertiary/aromatic N) is 1. The Morgan fingerprint density at radius 1 is 1.69 bits per heavy atom. The second kappa shape index (κ2) is 5.00. The van der Waals surface area contributed by atoms with Gasteiger partial charge in [-0.1, -0.05) is 6.92 Å². The normalized spacial score (nSPS) is 14.8. The van der Waals surface area contributed by atoms with Gasteiger partial charge in [-0.3, -0.25) is 5.32 Å². The molecule has 0 spiro atoms. The second-order valence-corrected chi connectivity index (χ2v) is 3.82. The van der Waals surface area contributed by atoms with Crippen LogP contribution in [0.15, 0.2) is 16.8 Å². The highest BCUT2D eigenvalue weighted by Crippen LogP contribution is 2.16. The van der Waals surface area contributed by atoms with Crippen LogP contribution in [0.5, 0.6) is 0 Å². The van der Waals surface area contributed by atoms with Gasteiger partial charge in [0, 0.05) is 6.04 Å². The zero-order valence-corrected chi connectivity index (χ0v) is 8.77. The van der Waals surface area contributed by atoms with Gasteiger partial charge in [0.05, 0.1) is 12.1 Å². The summed E-state index contributed by atoms with van der Waals surface area (Å²) in [5.41, 5.74) is 1.26. The predicted octanol–water partition coefficient (Wildman–Crippen LogP) is 2.70. The number of hydrogen-bond donors (Lipinski definition) is 1. The fourth-order valence-corrected chi connectivity index (χ4v) is 1.92. The lowest BCUT2D eigenvalue weighted by Crippen LogP contribution is -2.29. The summed E-state index contributed by atoms with van der Waals surface area (Å²) in [7, 11) is 0. The van der Waals surface area contributed by atoms with Crippen LogP contribution in [-0.2, 0) is 0 Å². The molecule has 70 valence electrons. The molecule has 1 heterocycles. The Hall–Kier alpha value is -0.850. The Bertz CT molecular complexity index is 274. The minimum Gasteiger partial charge on any atom is -0.295 e. The van der Waals surface area contributed by atoms with Crippen molar-refractivity contribution in [2.75, 3.05) is 0 Å². The largest absolute Gasteiger partial charge is 0.295 e. The first-order valence-corrected chi connectivity index (χ1v) is 5.40. The van der Waals surface area contributed by atoms with E-state index < -0.39 is 0 Å². The molecule has 0 saturated heterocycles. The zero-order valence-electron chi connectivity index (χ0n) is 7.95. The molecule has 0 saturated carbocycles. The van der Waals surface area contributed by atoms with Crippen LogP contribution in [0.25, 0.3) is 0 Å². The van der Waals surface area contributed by atoms with Gasteiger partial charge in [-0.25, -0.2) is 0 Å². The molecule has 0 aliphatic rings. The fourth-order valence-electron chi connectivity index (χ4n) is 1.17. The average Bonchev–Trinajstić information content (AvgIpc) is 2.66. The van der Waals surface area contributed by atoms with Gasteiger partial charge < -0.3 is 0 Å². The van der Waals surface area contributed by atoms with Crippen LogP contribution < -0.4 is 5.32 Å². The van der Waals surface area contributed by atoms with E-state index in [0.717, 1.165) is 6.42 Å². The lowest BCUT2D eigenvalue weighted by molar-refractivity contribution is 0.509. The highest BCUT2D eigenvalue weighted by molar-refractivity contribution is 7.07. The molecule has 1 aromatic rings. The third-order valence-corrected chi connectivity index (χ3v) is 2.76. The second-order valence-electron chi connectivity index (χ2n) is 3.03. The van der Waals surface area contributed by atoms with Crippen molar-refractivity contribution < 1.29 is 0 Å². The molecule has 2 nitrogen and oxygen atoms in total. The van der Waals surface area contributed by atoms with E-state index in [9.17, 15) is 0 Å². The topological polar surface area (TPSA) is 35.8 Å². The van der Waals surface area contributed by atoms with Gasteiger partial charge in [-0.05, 0) is 35.7 Å². The van der Waals surface area contributed by atoms with Crippen molar-refractivity contribution in [1.29, 1.82) is 5.26 Å². The SMILES string of the molecule is CCC(C#N)NC(C)c1ccsc1. The first kappa shape index (κ1) is 10.2. The third-order valence-electron chi connectivity index (χ3n) is 2.06. The number of thiophene rings is 1. The Morgan fingerprint density at radius 3 is 2.92 bits per heavy atom. The summed E-state index contributed by atoms with van der Waals surface area (Å²) in [4.78, 5) is 0. The lowest BCUT2D eigenvalue weighted by Gasteiger charge is -2.15. The summed E-state index contributed by atoms with van der Waals surface area (Å²) in [6.07, 6.45) is 0.852. The van der Waals surface area contributed by atoms with Crippen molar-refractivity contribution in [3.05, 3.63) is 22.4 Å². The van der Waals surface area contributed by atoms with Crippen molar-refractivity contribution in [1.82, 2.24) is 5.32 Å². The minimum atomic E-state index is -0.0325. The molecular weight excluding hydrogens is 180 g/mol. The van der Waals surface area contributed by atoms with E-state index in [2.05, 4.69) is 35.1 Å². The first-order chi connectivity index (χ1) is 6.27. The van der Waals surface area contributed by atoms with Gasteiger partial charge in [0.1, 0.15) is 0 Å². The Labute approximate surface area is 83.2 Å². The molecule has 2 unspecified atom stereocenters. The standard InChI is InChI=1S/C10H14N2S/c1-3-10(6-11)12-8(2)9-4-5-13-7-9/h4-5,7-8,10,12H,3H2,1-2H3. The van der Waals surface area contributed by atoms with Gasteiger partial charge in [0.2, 0.25) is 0 Å². The van der Waals surface area contributed by atoms with E-state index in [1.165, 1.54) is 5.56 Å². The van der Waals surface area contributed by atoms with Crippen molar-refractivity contribution in [3.63, 3.8) is 0 Å².